The third-order valence-electron chi connectivity index (χ3n) is 4.52. The molecule has 100 valence electrons. The molecule has 0 bridgehead atoms. The van der Waals surface area contributed by atoms with Crippen LogP contribution in [0.5, 0.6) is 0 Å². The largest absolute Gasteiger partial charge is 0.316 e. The van der Waals surface area contributed by atoms with Crippen molar-refractivity contribution in [1.82, 2.24) is 5.32 Å². The molecular weight excluding hydrogens is 218 g/mol. The smallest absolute Gasteiger partial charge is 0.00178 e. The molecule has 0 aliphatic heterocycles. The van der Waals surface area contributed by atoms with E-state index in [1.807, 2.05) is 0 Å². The van der Waals surface area contributed by atoms with Gasteiger partial charge in [-0.25, -0.2) is 0 Å². The van der Waals surface area contributed by atoms with Crippen molar-refractivity contribution in [3.05, 3.63) is 34.9 Å². The van der Waals surface area contributed by atoms with Crippen LogP contribution >= 0.6 is 0 Å². The van der Waals surface area contributed by atoms with Crippen molar-refractivity contribution in [2.24, 2.45) is 11.8 Å². The van der Waals surface area contributed by atoms with Crippen LogP contribution in [0.4, 0.5) is 0 Å². The number of rotatable bonds is 6. The predicted molar refractivity (Wildman–Crippen MR) is 79.0 cm³/mol. The molecule has 1 aromatic rings. The number of hydrogen-bond acceptors (Lipinski definition) is 1. The normalized spacial score (nSPS) is 22.8. The van der Waals surface area contributed by atoms with Crippen LogP contribution < -0.4 is 5.32 Å². The molecule has 1 aromatic carbocycles. The molecule has 1 aliphatic carbocycles. The van der Waals surface area contributed by atoms with Gasteiger partial charge in [-0.05, 0) is 81.1 Å². The lowest BCUT2D eigenvalue weighted by atomic mass is 9.70. The summed E-state index contributed by atoms with van der Waals surface area (Å²) in [6.07, 6.45) is 5.38. The van der Waals surface area contributed by atoms with E-state index >= 15 is 0 Å². The molecule has 0 radical (unpaired) electrons. The molecule has 0 saturated heterocycles. The number of benzene rings is 1. The molecule has 2 atom stereocenters. The standard InChI is InChI=1S/C17H27N/c1-4-10-18-12-16-9-8-15(16)11-17-13(2)6-5-7-14(17)3/h5-7,15-16,18H,4,8-12H2,1-3H3. The Morgan fingerprint density at radius 2 is 1.78 bits per heavy atom. The van der Waals surface area contributed by atoms with Gasteiger partial charge in [0.15, 0.2) is 0 Å². The molecule has 1 aliphatic rings. The fraction of sp³-hybridized carbons (Fsp3) is 0.647. The Balaban J connectivity index is 1.89. The van der Waals surface area contributed by atoms with Gasteiger partial charge in [-0.2, -0.15) is 0 Å². The zero-order valence-electron chi connectivity index (χ0n) is 12.1. The second-order valence-electron chi connectivity index (χ2n) is 5.88. The fourth-order valence-corrected chi connectivity index (χ4v) is 3.07. The summed E-state index contributed by atoms with van der Waals surface area (Å²) >= 11 is 0. The molecule has 1 heteroatoms. The second kappa shape index (κ2) is 6.38. The third-order valence-corrected chi connectivity index (χ3v) is 4.52. The quantitative estimate of drug-likeness (QED) is 0.750. The van der Waals surface area contributed by atoms with E-state index in [2.05, 4.69) is 44.3 Å². The lowest BCUT2D eigenvalue weighted by Gasteiger charge is -2.37. The van der Waals surface area contributed by atoms with Gasteiger partial charge in [0, 0.05) is 0 Å². The SMILES string of the molecule is CCCNCC1CCC1Cc1c(C)cccc1C. The summed E-state index contributed by atoms with van der Waals surface area (Å²) in [5.41, 5.74) is 4.55. The third kappa shape index (κ3) is 3.14. The fourth-order valence-electron chi connectivity index (χ4n) is 3.07. The summed E-state index contributed by atoms with van der Waals surface area (Å²) in [6.45, 7) is 9.15. The van der Waals surface area contributed by atoms with Gasteiger partial charge in [-0.15, -0.1) is 0 Å². The Bertz CT molecular complexity index is 363. The van der Waals surface area contributed by atoms with Gasteiger partial charge in [0.2, 0.25) is 0 Å². The maximum Gasteiger partial charge on any atom is -0.00178 e. The van der Waals surface area contributed by atoms with Crippen LogP contribution in [-0.2, 0) is 6.42 Å². The summed E-state index contributed by atoms with van der Waals surface area (Å²) in [6, 6.07) is 6.69. The van der Waals surface area contributed by atoms with Crippen molar-refractivity contribution in [2.75, 3.05) is 13.1 Å². The Hall–Kier alpha value is -0.820. The van der Waals surface area contributed by atoms with Crippen molar-refractivity contribution in [3.8, 4) is 0 Å². The van der Waals surface area contributed by atoms with Gasteiger partial charge in [-0.1, -0.05) is 25.1 Å². The molecule has 2 unspecified atom stereocenters. The van der Waals surface area contributed by atoms with E-state index in [0.717, 1.165) is 11.8 Å². The monoisotopic (exact) mass is 245 g/mol. The minimum atomic E-state index is 0.911. The first-order chi connectivity index (χ1) is 8.72. The van der Waals surface area contributed by atoms with Crippen LogP contribution in [0.2, 0.25) is 0 Å². The van der Waals surface area contributed by atoms with Gasteiger partial charge < -0.3 is 5.32 Å². The summed E-state index contributed by atoms with van der Waals surface area (Å²) in [7, 11) is 0. The van der Waals surface area contributed by atoms with Crippen LogP contribution in [0.25, 0.3) is 0 Å². The summed E-state index contributed by atoms with van der Waals surface area (Å²) in [5.74, 6) is 1.82. The Morgan fingerprint density at radius 3 is 2.33 bits per heavy atom. The molecular formula is C17H27N. The van der Waals surface area contributed by atoms with Crippen molar-refractivity contribution < 1.29 is 0 Å². The molecule has 18 heavy (non-hydrogen) atoms. The van der Waals surface area contributed by atoms with Gasteiger partial charge in [0.1, 0.15) is 0 Å². The van der Waals surface area contributed by atoms with Gasteiger partial charge in [-0.3, -0.25) is 0 Å². The van der Waals surface area contributed by atoms with Gasteiger partial charge in [0.25, 0.3) is 0 Å². The van der Waals surface area contributed by atoms with Crippen molar-refractivity contribution in [1.29, 1.82) is 0 Å². The summed E-state index contributed by atoms with van der Waals surface area (Å²) in [5, 5.41) is 3.58. The van der Waals surface area contributed by atoms with Crippen LogP contribution in [-0.4, -0.2) is 13.1 Å². The first-order valence-electron chi connectivity index (χ1n) is 7.48. The first-order valence-corrected chi connectivity index (χ1v) is 7.48. The maximum absolute atomic E-state index is 3.58. The molecule has 0 aromatic heterocycles. The second-order valence-corrected chi connectivity index (χ2v) is 5.88. The molecule has 2 rings (SSSR count). The van der Waals surface area contributed by atoms with E-state index < -0.39 is 0 Å². The molecule has 1 fully saturated rings. The average molecular weight is 245 g/mol. The maximum atomic E-state index is 3.58. The van der Waals surface area contributed by atoms with Crippen molar-refractivity contribution >= 4 is 0 Å². The molecule has 1 saturated carbocycles. The first kappa shape index (κ1) is 13.6. The minimum Gasteiger partial charge on any atom is -0.316 e. The highest BCUT2D eigenvalue weighted by molar-refractivity contribution is 5.34. The summed E-state index contributed by atoms with van der Waals surface area (Å²) < 4.78 is 0. The Morgan fingerprint density at radius 1 is 1.11 bits per heavy atom. The van der Waals surface area contributed by atoms with Crippen LogP contribution in [0.3, 0.4) is 0 Å². The van der Waals surface area contributed by atoms with E-state index in [1.165, 1.54) is 49.9 Å². The topological polar surface area (TPSA) is 12.0 Å². The van der Waals surface area contributed by atoms with E-state index in [1.54, 1.807) is 5.56 Å². The highest BCUT2D eigenvalue weighted by Gasteiger charge is 2.30. The van der Waals surface area contributed by atoms with E-state index in [9.17, 15) is 0 Å². The minimum absolute atomic E-state index is 0.911. The van der Waals surface area contributed by atoms with Gasteiger partial charge >= 0.3 is 0 Å². The lowest BCUT2D eigenvalue weighted by molar-refractivity contribution is 0.171. The van der Waals surface area contributed by atoms with Crippen molar-refractivity contribution in [3.63, 3.8) is 0 Å². The Labute approximate surface area is 112 Å². The molecule has 1 N–H and O–H groups in total. The highest BCUT2D eigenvalue weighted by atomic mass is 14.9. The molecule has 1 nitrogen and oxygen atoms in total. The van der Waals surface area contributed by atoms with Crippen LogP contribution in [0, 0.1) is 25.7 Å². The van der Waals surface area contributed by atoms with Crippen molar-refractivity contribution in [2.45, 2.75) is 46.5 Å². The van der Waals surface area contributed by atoms with Crippen LogP contribution in [0.15, 0.2) is 18.2 Å². The summed E-state index contributed by atoms with van der Waals surface area (Å²) in [4.78, 5) is 0. The zero-order chi connectivity index (χ0) is 13.0. The average Bonchev–Trinajstić information content (AvgIpc) is 2.32. The molecule has 0 amide bonds. The highest BCUT2D eigenvalue weighted by Crippen LogP contribution is 2.37. The lowest BCUT2D eigenvalue weighted by Crippen LogP contribution is -2.36. The Kier molecular flexibility index (Phi) is 4.82. The van der Waals surface area contributed by atoms with E-state index in [4.69, 9.17) is 0 Å². The van der Waals surface area contributed by atoms with Crippen LogP contribution in [0.1, 0.15) is 42.9 Å². The predicted octanol–water partition coefficient (Wildman–Crippen LogP) is 3.87. The molecule has 0 spiro atoms. The van der Waals surface area contributed by atoms with E-state index in [-0.39, 0.29) is 0 Å². The molecule has 0 heterocycles. The zero-order valence-corrected chi connectivity index (χ0v) is 12.1. The van der Waals surface area contributed by atoms with Gasteiger partial charge in [0.05, 0.1) is 0 Å². The van der Waals surface area contributed by atoms with E-state index in [0.29, 0.717) is 0 Å². The number of aryl methyl sites for hydroxylation is 2. The number of nitrogens with one attached hydrogen (secondary N) is 1. The number of hydrogen-bond donors (Lipinski definition) is 1.